The summed E-state index contributed by atoms with van der Waals surface area (Å²) in [6.45, 7) is 5.45. The molecular weight excluding hydrogens is 240 g/mol. The van der Waals surface area contributed by atoms with E-state index in [4.69, 9.17) is 28.4 Å². The fraction of sp³-hybridized carbons (Fsp3) is 1.00. The number of hydrogen-bond donors (Lipinski definition) is 0. The molecule has 2 heterocycles. The van der Waals surface area contributed by atoms with E-state index in [1.807, 2.05) is 13.8 Å². The van der Waals surface area contributed by atoms with Crippen molar-refractivity contribution in [1.29, 1.82) is 0 Å². The molecule has 0 aromatic rings. The number of rotatable bonds is 5. The molecule has 4 atom stereocenters. The second-order valence-corrected chi connectivity index (χ2v) is 4.75. The molecule has 18 heavy (non-hydrogen) atoms. The first-order valence-electron chi connectivity index (χ1n) is 6.29. The summed E-state index contributed by atoms with van der Waals surface area (Å²) in [5.41, 5.74) is 0. The zero-order chi connectivity index (χ0) is 13.0. The first-order chi connectivity index (χ1) is 8.72. The van der Waals surface area contributed by atoms with Gasteiger partial charge in [-0.15, -0.1) is 0 Å². The fourth-order valence-corrected chi connectivity index (χ4v) is 2.17. The fourth-order valence-electron chi connectivity index (χ4n) is 2.17. The lowest BCUT2D eigenvalue weighted by Crippen LogP contribution is -2.59. The van der Waals surface area contributed by atoms with Crippen molar-refractivity contribution in [3.63, 3.8) is 0 Å². The third-order valence-electron chi connectivity index (χ3n) is 3.07. The number of hydrogen-bond acceptors (Lipinski definition) is 6. The molecule has 0 spiro atoms. The minimum atomic E-state index is -0.161. The SMILES string of the molecule is COC[C@@H]1OCO[C@H]2[C@@H]1OCO[C@@H]2COC(C)C. The highest BCUT2D eigenvalue weighted by molar-refractivity contribution is 4.89. The summed E-state index contributed by atoms with van der Waals surface area (Å²) in [6.07, 6.45) is -0.377. The molecule has 0 amide bonds. The van der Waals surface area contributed by atoms with Gasteiger partial charge in [0.1, 0.15) is 38.0 Å². The molecule has 2 fully saturated rings. The molecule has 2 aliphatic heterocycles. The summed E-state index contributed by atoms with van der Waals surface area (Å²) >= 11 is 0. The van der Waals surface area contributed by atoms with Gasteiger partial charge < -0.3 is 28.4 Å². The van der Waals surface area contributed by atoms with E-state index in [2.05, 4.69) is 0 Å². The van der Waals surface area contributed by atoms with Gasteiger partial charge in [-0.25, -0.2) is 0 Å². The van der Waals surface area contributed by atoms with Crippen LogP contribution in [0.25, 0.3) is 0 Å². The van der Waals surface area contributed by atoms with Gasteiger partial charge in [0.15, 0.2) is 0 Å². The lowest BCUT2D eigenvalue weighted by molar-refractivity contribution is -0.331. The van der Waals surface area contributed by atoms with Gasteiger partial charge in [-0.05, 0) is 13.8 Å². The summed E-state index contributed by atoms with van der Waals surface area (Å²) in [5.74, 6) is 0. The van der Waals surface area contributed by atoms with Gasteiger partial charge in [0.05, 0.1) is 19.3 Å². The van der Waals surface area contributed by atoms with Crippen molar-refractivity contribution in [2.45, 2.75) is 44.4 Å². The molecule has 6 heteroatoms. The second kappa shape index (κ2) is 6.79. The van der Waals surface area contributed by atoms with Crippen molar-refractivity contribution in [1.82, 2.24) is 0 Å². The Morgan fingerprint density at radius 1 is 0.944 bits per heavy atom. The third kappa shape index (κ3) is 3.40. The molecular formula is C12H22O6. The molecule has 0 bridgehead atoms. The molecule has 0 aliphatic carbocycles. The summed E-state index contributed by atoms with van der Waals surface area (Å²) in [6, 6.07) is 0. The summed E-state index contributed by atoms with van der Waals surface area (Å²) < 4.78 is 32.9. The van der Waals surface area contributed by atoms with Crippen molar-refractivity contribution in [3.8, 4) is 0 Å². The quantitative estimate of drug-likeness (QED) is 0.721. The summed E-state index contributed by atoms with van der Waals surface area (Å²) in [5, 5.41) is 0. The maximum Gasteiger partial charge on any atom is 0.147 e. The van der Waals surface area contributed by atoms with Crippen molar-refractivity contribution >= 4 is 0 Å². The van der Waals surface area contributed by atoms with Gasteiger partial charge in [-0.2, -0.15) is 0 Å². The highest BCUT2D eigenvalue weighted by atomic mass is 16.8. The van der Waals surface area contributed by atoms with Crippen molar-refractivity contribution < 1.29 is 28.4 Å². The number of methoxy groups -OCH3 is 1. The number of ether oxygens (including phenoxy) is 6. The van der Waals surface area contributed by atoms with Crippen molar-refractivity contribution in [2.75, 3.05) is 33.9 Å². The van der Waals surface area contributed by atoms with Gasteiger partial charge in [-0.1, -0.05) is 0 Å². The Balaban J connectivity index is 1.93. The minimum absolute atomic E-state index is 0.112. The van der Waals surface area contributed by atoms with Crippen LogP contribution in [0.2, 0.25) is 0 Å². The Kier molecular flexibility index (Phi) is 5.35. The van der Waals surface area contributed by atoms with Gasteiger partial charge in [0, 0.05) is 7.11 Å². The first-order valence-corrected chi connectivity index (χ1v) is 6.29. The second-order valence-electron chi connectivity index (χ2n) is 4.75. The van der Waals surface area contributed by atoms with Crippen LogP contribution in [0.5, 0.6) is 0 Å². The average Bonchev–Trinajstić information content (AvgIpc) is 2.37. The Hall–Kier alpha value is -0.240. The van der Waals surface area contributed by atoms with Crippen LogP contribution in [0, 0.1) is 0 Å². The van der Waals surface area contributed by atoms with E-state index in [9.17, 15) is 0 Å². The van der Waals surface area contributed by atoms with E-state index >= 15 is 0 Å². The molecule has 2 aliphatic rings. The molecule has 0 radical (unpaired) electrons. The lowest BCUT2D eigenvalue weighted by atomic mass is 10.0. The van der Waals surface area contributed by atoms with Crippen LogP contribution in [0.15, 0.2) is 0 Å². The Morgan fingerprint density at radius 3 is 2.00 bits per heavy atom. The van der Waals surface area contributed by atoms with Crippen LogP contribution in [0.4, 0.5) is 0 Å². The minimum Gasteiger partial charge on any atom is -0.382 e. The normalized spacial score (nSPS) is 36.7. The maximum absolute atomic E-state index is 5.60. The maximum atomic E-state index is 5.60. The molecule has 2 saturated heterocycles. The summed E-state index contributed by atoms with van der Waals surface area (Å²) in [7, 11) is 1.65. The molecule has 2 rings (SSSR count). The molecule has 0 N–H and O–H groups in total. The van der Waals surface area contributed by atoms with E-state index < -0.39 is 0 Å². The van der Waals surface area contributed by atoms with Crippen LogP contribution < -0.4 is 0 Å². The van der Waals surface area contributed by atoms with Crippen LogP contribution in [0.1, 0.15) is 13.8 Å². The molecule has 0 unspecified atom stereocenters. The zero-order valence-electron chi connectivity index (χ0n) is 11.2. The van der Waals surface area contributed by atoms with Crippen molar-refractivity contribution in [2.24, 2.45) is 0 Å². The predicted octanol–water partition coefficient (Wildman–Crippen LogP) is 0.541. The Labute approximate surface area is 107 Å². The lowest BCUT2D eigenvalue weighted by Gasteiger charge is -2.43. The Morgan fingerprint density at radius 2 is 1.50 bits per heavy atom. The zero-order valence-corrected chi connectivity index (χ0v) is 11.2. The topological polar surface area (TPSA) is 55.4 Å². The summed E-state index contributed by atoms with van der Waals surface area (Å²) in [4.78, 5) is 0. The average molecular weight is 262 g/mol. The van der Waals surface area contributed by atoms with E-state index in [0.717, 1.165) is 0 Å². The van der Waals surface area contributed by atoms with E-state index in [1.54, 1.807) is 7.11 Å². The molecule has 0 aromatic heterocycles. The van der Waals surface area contributed by atoms with Gasteiger partial charge in [0.2, 0.25) is 0 Å². The van der Waals surface area contributed by atoms with Gasteiger partial charge in [0.25, 0.3) is 0 Å². The largest absolute Gasteiger partial charge is 0.382 e. The van der Waals surface area contributed by atoms with Crippen LogP contribution in [0.3, 0.4) is 0 Å². The predicted molar refractivity (Wildman–Crippen MR) is 62.2 cm³/mol. The highest BCUT2D eigenvalue weighted by Crippen LogP contribution is 2.26. The number of fused-ring (bicyclic) bond motifs is 1. The van der Waals surface area contributed by atoms with E-state index in [-0.39, 0.29) is 44.1 Å². The standard InChI is InChI=1S/C12H22O6/c1-8(2)14-5-10-12-11(17-7-16-10)9(4-13-3)15-6-18-12/h8-12H,4-7H2,1-3H3/t9-,10+,11+,12+/m0/s1. The van der Waals surface area contributed by atoms with Gasteiger partial charge in [-0.3, -0.25) is 0 Å². The molecule has 6 nitrogen and oxygen atoms in total. The molecule has 0 aromatic carbocycles. The van der Waals surface area contributed by atoms with Crippen LogP contribution in [-0.2, 0) is 28.4 Å². The molecule has 106 valence electrons. The third-order valence-corrected chi connectivity index (χ3v) is 3.07. The van der Waals surface area contributed by atoms with Crippen LogP contribution >= 0.6 is 0 Å². The monoisotopic (exact) mass is 262 g/mol. The Bertz CT molecular complexity index is 245. The van der Waals surface area contributed by atoms with E-state index in [1.165, 1.54) is 0 Å². The highest BCUT2D eigenvalue weighted by Gasteiger charge is 2.44. The smallest absolute Gasteiger partial charge is 0.147 e. The van der Waals surface area contributed by atoms with Crippen LogP contribution in [-0.4, -0.2) is 64.4 Å². The van der Waals surface area contributed by atoms with E-state index in [0.29, 0.717) is 13.2 Å². The van der Waals surface area contributed by atoms with Gasteiger partial charge >= 0.3 is 0 Å². The van der Waals surface area contributed by atoms with Crippen molar-refractivity contribution in [3.05, 3.63) is 0 Å². The first kappa shape index (κ1) is 14.2. The molecule has 0 saturated carbocycles.